The zero-order valence-corrected chi connectivity index (χ0v) is 13.5. The molecule has 4 rings (SSSR count). The lowest BCUT2D eigenvalue weighted by Gasteiger charge is -2.24. The van der Waals surface area contributed by atoms with Crippen LogP contribution in [0.5, 0.6) is 0 Å². The number of fused-ring (bicyclic) bond motifs is 1. The fourth-order valence-electron chi connectivity index (χ4n) is 3.32. The molecule has 1 saturated heterocycles. The maximum Gasteiger partial charge on any atom is 0.0890 e. The van der Waals surface area contributed by atoms with Gasteiger partial charge < -0.3 is 0 Å². The molecule has 0 bridgehead atoms. The van der Waals surface area contributed by atoms with Gasteiger partial charge in [-0.2, -0.15) is 11.3 Å². The van der Waals surface area contributed by atoms with Crippen molar-refractivity contribution >= 4 is 22.4 Å². The number of nitrogens with zero attached hydrogens (tertiary/aromatic N) is 3. The summed E-state index contributed by atoms with van der Waals surface area (Å²) >= 11 is 1.79. The van der Waals surface area contributed by atoms with Crippen LogP contribution in [0.3, 0.4) is 0 Å². The molecule has 3 aromatic rings. The number of para-hydroxylation sites is 2. The van der Waals surface area contributed by atoms with Crippen LogP contribution in [0.4, 0.5) is 0 Å². The summed E-state index contributed by atoms with van der Waals surface area (Å²) in [6.45, 7) is 4.11. The molecule has 3 heterocycles. The first-order valence-electron chi connectivity index (χ1n) is 7.79. The molecule has 0 spiro atoms. The van der Waals surface area contributed by atoms with Crippen LogP contribution in [0.2, 0.25) is 0 Å². The molecule has 1 unspecified atom stereocenters. The SMILES string of the molecule is Cc1nc2ccccc2nc1CN1CCCC1c1ccsc1. The number of likely N-dealkylation sites (tertiary alicyclic amines) is 1. The van der Waals surface area contributed by atoms with Crippen LogP contribution >= 0.6 is 11.3 Å². The summed E-state index contributed by atoms with van der Waals surface area (Å²) < 4.78 is 0. The number of hydrogen-bond acceptors (Lipinski definition) is 4. The van der Waals surface area contributed by atoms with Crippen molar-refractivity contribution in [3.05, 3.63) is 58.0 Å². The Kier molecular flexibility index (Phi) is 3.64. The van der Waals surface area contributed by atoms with Crippen LogP contribution < -0.4 is 0 Å². The Morgan fingerprint density at radius 2 is 2.00 bits per heavy atom. The van der Waals surface area contributed by atoms with Crippen molar-refractivity contribution in [1.29, 1.82) is 0 Å². The van der Waals surface area contributed by atoms with Crippen molar-refractivity contribution in [2.24, 2.45) is 0 Å². The minimum atomic E-state index is 0.541. The van der Waals surface area contributed by atoms with Gasteiger partial charge in [-0.3, -0.25) is 4.90 Å². The molecule has 0 aliphatic carbocycles. The molecule has 1 aromatic carbocycles. The summed E-state index contributed by atoms with van der Waals surface area (Å²) in [5.74, 6) is 0. The van der Waals surface area contributed by atoms with E-state index >= 15 is 0 Å². The Morgan fingerprint density at radius 1 is 1.18 bits per heavy atom. The van der Waals surface area contributed by atoms with Crippen LogP contribution in [0.25, 0.3) is 11.0 Å². The van der Waals surface area contributed by atoms with Crippen molar-refractivity contribution in [3.8, 4) is 0 Å². The summed E-state index contributed by atoms with van der Waals surface area (Å²) in [4.78, 5) is 12.1. The van der Waals surface area contributed by atoms with Crippen LogP contribution in [0.15, 0.2) is 41.1 Å². The molecule has 3 nitrogen and oxygen atoms in total. The third-order valence-electron chi connectivity index (χ3n) is 4.49. The highest BCUT2D eigenvalue weighted by Gasteiger charge is 2.27. The molecular weight excluding hydrogens is 290 g/mol. The van der Waals surface area contributed by atoms with E-state index in [1.54, 1.807) is 11.3 Å². The third kappa shape index (κ3) is 2.53. The van der Waals surface area contributed by atoms with E-state index in [-0.39, 0.29) is 0 Å². The Bertz CT molecular complexity index is 782. The van der Waals surface area contributed by atoms with Crippen molar-refractivity contribution in [2.75, 3.05) is 6.54 Å². The van der Waals surface area contributed by atoms with Gasteiger partial charge in [0, 0.05) is 12.6 Å². The Balaban J connectivity index is 1.64. The minimum absolute atomic E-state index is 0.541. The second-order valence-electron chi connectivity index (χ2n) is 5.93. The second-order valence-corrected chi connectivity index (χ2v) is 6.71. The summed E-state index contributed by atoms with van der Waals surface area (Å²) in [5, 5.41) is 4.45. The maximum atomic E-state index is 4.85. The van der Waals surface area contributed by atoms with Gasteiger partial charge in [-0.15, -0.1) is 0 Å². The highest BCUT2D eigenvalue weighted by Crippen LogP contribution is 2.34. The van der Waals surface area contributed by atoms with Gasteiger partial charge in [0.1, 0.15) is 0 Å². The molecule has 2 aromatic heterocycles. The Morgan fingerprint density at radius 3 is 2.77 bits per heavy atom. The first-order chi connectivity index (χ1) is 10.8. The van der Waals surface area contributed by atoms with E-state index in [1.165, 1.54) is 18.4 Å². The van der Waals surface area contributed by atoms with Crippen molar-refractivity contribution < 1.29 is 0 Å². The average Bonchev–Trinajstić information content (AvgIpc) is 3.18. The molecule has 0 amide bonds. The van der Waals surface area contributed by atoms with Gasteiger partial charge in [0.2, 0.25) is 0 Å². The van der Waals surface area contributed by atoms with Crippen LogP contribution in [0.1, 0.15) is 35.8 Å². The van der Waals surface area contributed by atoms with E-state index in [1.807, 2.05) is 24.3 Å². The Hall–Kier alpha value is -1.78. The molecule has 22 heavy (non-hydrogen) atoms. The quantitative estimate of drug-likeness (QED) is 0.721. The molecule has 1 aliphatic rings. The van der Waals surface area contributed by atoms with E-state index < -0.39 is 0 Å². The lowest BCUT2D eigenvalue weighted by atomic mass is 10.1. The minimum Gasteiger partial charge on any atom is -0.290 e. The molecule has 1 atom stereocenters. The maximum absolute atomic E-state index is 4.85. The highest BCUT2D eigenvalue weighted by atomic mass is 32.1. The van der Waals surface area contributed by atoms with E-state index in [0.29, 0.717) is 6.04 Å². The fourth-order valence-corrected chi connectivity index (χ4v) is 4.03. The van der Waals surface area contributed by atoms with E-state index in [4.69, 9.17) is 9.97 Å². The van der Waals surface area contributed by atoms with E-state index in [2.05, 4.69) is 28.7 Å². The number of benzene rings is 1. The Labute approximate surface area is 134 Å². The van der Waals surface area contributed by atoms with Crippen LogP contribution in [0, 0.1) is 6.92 Å². The normalized spacial score (nSPS) is 19.0. The van der Waals surface area contributed by atoms with Gasteiger partial charge in [0.05, 0.1) is 22.4 Å². The largest absolute Gasteiger partial charge is 0.290 e. The second kappa shape index (κ2) is 5.78. The molecule has 1 fully saturated rings. The van der Waals surface area contributed by atoms with E-state index in [0.717, 1.165) is 35.5 Å². The van der Waals surface area contributed by atoms with Crippen molar-refractivity contribution in [3.63, 3.8) is 0 Å². The monoisotopic (exact) mass is 309 g/mol. The smallest absolute Gasteiger partial charge is 0.0890 e. The van der Waals surface area contributed by atoms with Gasteiger partial charge in [-0.1, -0.05) is 12.1 Å². The van der Waals surface area contributed by atoms with Gasteiger partial charge in [0.15, 0.2) is 0 Å². The van der Waals surface area contributed by atoms with Crippen molar-refractivity contribution in [1.82, 2.24) is 14.9 Å². The van der Waals surface area contributed by atoms with Gasteiger partial charge in [0.25, 0.3) is 0 Å². The molecule has 0 N–H and O–H groups in total. The predicted octanol–water partition coefficient (Wildman–Crippen LogP) is 4.34. The summed E-state index contributed by atoms with van der Waals surface area (Å²) in [6.07, 6.45) is 2.51. The number of rotatable bonds is 3. The van der Waals surface area contributed by atoms with Crippen molar-refractivity contribution in [2.45, 2.75) is 32.4 Å². The summed E-state index contributed by atoms with van der Waals surface area (Å²) in [6, 6.07) is 10.9. The molecular formula is C18H19N3S. The average molecular weight is 309 g/mol. The summed E-state index contributed by atoms with van der Waals surface area (Å²) in [5.41, 5.74) is 5.60. The lowest BCUT2D eigenvalue weighted by molar-refractivity contribution is 0.245. The molecule has 0 saturated carbocycles. The van der Waals surface area contributed by atoms with E-state index in [9.17, 15) is 0 Å². The van der Waals surface area contributed by atoms with Gasteiger partial charge in [-0.05, 0) is 60.8 Å². The molecule has 112 valence electrons. The first kappa shape index (κ1) is 13.9. The number of thiophene rings is 1. The molecule has 4 heteroatoms. The van der Waals surface area contributed by atoms with Gasteiger partial charge >= 0.3 is 0 Å². The van der Waals surface area contributed by atoms with Gasteiger partial charge in [-0.25, -0.2) is 9.97 Å². The molecule has 1 aliphatic heterocycles. The number of aryl methyl sites for hydroxylation is 1. The number of aromatic nitrogens is 2. The van der Waals surface area contributed by atoms with Crippen LogP contribution in [-0.4, -0.2) is 21.4 Å². The summed E-state index contributed by atoms with van der Waals surface area (Å²) in [7, 11) is 0. The topological polar surface area (TPSA) is 29.0 Å². The fraction of sp³-hybridized carbons (Fsp3) is 0.333. The zero-order chi connectivity index (χ0) is 14.9. The zero-order valence-electron chi connectivity index (χ0n) is 12.7. The third-order valence-corrected chi connectivity index (χ3v) is 5.19. The standard InChI is InChI=1S/C18H19N3S/c1-13-17(20-16-6-3-2-5-15(16)19-13)11-21-9-4-7-18(21)14-8-10-22-12-14/h2-3,5-6,8,10,12,18H,4,7,9,11H2,1H3. The lowest BCUT2D eigenvalue weighted by Crippen LogP contribution is -2.23. The number of hydrogen-bond donors (Lipinski definition) is 0. The first-order valence-corrected chi connectivity index (χ1v) is 8.74. The highest BCUT2D eigenvalue weighted by molar-refractivity contribution is 7.07. The predicted molar refractivity (Wildman–Crippen MR) is 91.0 cm³/mol. The molecule has 0 radical (unpaired) electrons. The van der Waals surface area contributed by atoms with Crippen LogP contribution in [-0.2, 0) is 6.54 Å².